The Morgan fingerprint density at radius 1 is 1.00 bits per heavy atom. The number of halogens is 1. The third kappa shape index (κ3) is 9.01. The van der Waals surface area contributed by atoms with Crippen molar-refractivity contribution in [1.82, 2.24) is 20.2 Å². The number of hydrogen-bond donors (Lipinski definition) is 3. The highest BCUT2D eigenvalue weighted by Crippen LogP contribution is 2.39. The minimum absolute atomic E-state index is 0.0313. The molecule has 254 valence electrons. The van der Waals surface area contributed by atoms with Crippen LogP contribution in [-0.2, 0) is 14.3 Å². The summed E-state index contributed by atoms with van der Waals surface area (Å²) >= 11 is 7.76. The summed E-state index contributed by atoms with van der Waals surface area (Å²) in [7, 11) is 2.92. The molecule has 4 N–H and O–H groups in total. The molecule has 0 spiro atoms. The number of hydrogen-bond acceptors (Lipinski definition) is 11. The maximum absolute atomic E-state index is 12.8. The molecular weight excluding hydrogens is 658 g/mol. The molecule has 0 atom stereocenters. The van der Waals surface area contributed by atoms with Gasteiger partial charge >= 0.3 is 6.09 Å². The number of nitrogens with two attached hydrogens (primary N) is 1. The monoisotopic (exact) mass is 695 g/mol. The summed E-state index contributed by atoms with van der Waals surface area (Å²) in [4.78, 5) is 74.9. The number of piperidine rings is 1. The highest BCUT2D eigenvalue weighted by Gasteiger charge is 2.34. The third-order valence-electron chi connectivity index (χ3n) is 7.38. The van der Waals surface area contributed by atoms with Crippen molar-refractivity contribution in [2.45, 2.75) is 61.6 Å². The van der Waals surface area contributed by atoms with Crippen LogP contribution in [0.1, 0.15) is 61.3 Å². The molecule has 15 heteroatoms. The van der Waals surface area contributed by atoms with Crippen LogP contribution in [0.25, 0.3) is 0 Å². The fourth-order valence-electron chi connectivity index (χ4n) is 4.72. The first kappa shape index (κ1) is 36.2. The molecule has 2 aromatic carbocycles. The molecule has 13 nitrogen and oxygen atoms in total. The molecule has 1 saturated heterocycles. The Kier molecular flexibility index (Phi) is 11.0. The normalized spacial score (nSPS) is 14.1. The highest BCUT2D eigenvalue weighted by molar-refractivity contribution is 7.99. The Hall–Kier alpha value is -4.69. The summed E-state index contributed by atoms with van der Waals surface area (Å²) in [5.41, 5.74) is 5.61. The SMILES string of the molecule is CN(C)C(=O)C(=O)c1ccc(C(=O)C(=O)Nc2cccc(Sc3ncc(N4CCC(C)(NC(=O)OC(C)(C)C)CC4)nc3N)c2Cl)cc1. The van der Waals surface area contributed by atoms with E-state index in [4.69, 9.17) is 22.1 Å². The average Bonchev–Trinajstić information content (AvgIpc) is 3.02. The predicted molar refractivity (Wildman–Crippen MR) is 184 cm³/mol. The number of benzene rings is 2. The highest BCUT2D eigenvalue weighted by atomic mass is 35.5. The summed E-state index contributed by atoms with van der Waals surface area (Å²) in [5, 5.41) is 6.09. The molecule has 1 aliphatic heterocycles. The molecule has 1 aliphatic rings. The summed E-state index contributed by atoms with van der Waals surface area (Å²) in [6.45, 7) is 8.70. The van der Waals surface area contributed by atoms with Crippen molar-refractivity contribution < 1.29 is 28.7 Å². The molecule has 0 bridgehead atoms. The van der Waals surface area contributed by atoms with E-state index in [2.05, 4.69) is 20.6 Å². The van der Waals surface area contributed by atoms with E-state index in [1.165, 1.54) is 38.4 Å². The zero-order chi connectivity index (χ0) is 35.4. The van der Waals surface area contributed by atoms with Crippen LogP contribution >= 0.6 is 23.4 Å². The maximum atomic E-state index is 12.8. The molecule has 2 heterocycles. The van der Waals surface area contributed by atoms with E-state index in [0.717, 1.165) is 16.7 Å². The number of ether oxygens (including phenoxy) is 1. The van der Waals surface area contributed by atoms with Crippen molar-refractivity contribution in [1.29, 1.82) is 0 Å². The number of nitrogen functional groups attached to an aromatic ring is 1. The van der Waals surface area contributed by atoms with Crippen LogP contribution in [0.3, 0.4) is 0 Å². The molecule has 0 unspecified atom stereocenters. The Balaban J connectivity index is 1.38. The number of likely N-dealkylation sites (N-methyl/N-ethyl adjacent to an activating group) is 1. The maximum Gasteiger partial charge on any atom is 0.408 e. The molecule has 0 radical (unpaired) electrons. The summed E-state index contributed by atoms with van der Waals surface area (Å²) in [5.74, 6) is -2.44. The van der Waals surface area contributed by atoms with Gasteiger partial charge in [0.15, 0.2) is 5.82 Å². The smallest absolute Gasteiger partial charge is 0.408 e. The van der Waals surface area contributed by atoms with Crippen LogP contribution < -0.4 is 21.3 Å². The first-order valence-corrected chi connectivity index (χ1v) is 16.2. The van der Waals surface area contributed by atoms with Gasteiger partial charge in [-0.3, -0.25) is 19.2 Å². The second-order valence-electron chi connectivity index (χ2n) is 12.7. The van der Waals surface area contributed by atoms with Crippen molar-refractivity contribution >= 4 is 70.2 Å². The standard InChI is InChI=1S/C33H38ClN7O6S/c1-32(2,3)47-31(46)39-33(4)14-16-41(17-15-33)23-18-36-29(27(35)38-23)48-22-9-7-8-21(24(22)34)37-28(44)25(42)19-10-12-20(13-11-19)26(43)30(45)40(5)6/h7-13,18H,14-17H2,1-6H3,(H2,35,38)(H,37,44)(H,39,46). The van der Waals surface area contributed by atoms with Gasteiger partial charge in [0.05, 0.1) is 16.9 Å². The third-order valence-corrected chi connectivity index (χ3v) is 8.97. The van der Waals surface area contributed by atoms with Crippen LogP contribution in [0, 0.1) is 0 Å². The molecule has 3 aromatic rings. The Labute approximate surface area is 287 Å². The largest absolute Gasteiger partial charge is 0.444 e. The number of rotatable bonds is 9. The number of carbonyl (C=O) groups excluding carboxylic acids is 5. The van der Waals surface area contributed by atoms with E-state index in [1.54, 1.807) is 24.4 Å². The van der Waals surface area contributed by atoms with Crippen LogP contribution in [0.2, 0.25) is 5.02 Å². The van der Waals surface area contributed by atoms with Crippen molar-refractivity contribution in [2.75, 3.05) is 43.1 Å². The van der Waals surface area contributed by atoms with Crippen molar-refractivity contribution in [3.8, 4) is 0 Å². The molecule has 0 saturated carbocycles. The lowest BCUT2D eigenvalue weighted by Crippen LogP contribution is -2.54. The van der Waals surface area contributed by atoms with Gasteiger partial charge in [0.1, 0.15) is 16.4 Å². The van der Waals surface area contributed by atoms with Crippen molar-refractivity contribution in [2.24, 2.45) is 0 Å². The van der Waals surface area contributed by atoms with Crippen LogP contribution in [0.5, 0.6) is 0 Å². The van der Waals surface area contributed by atoms with Gasteiger partial charge in [-0.25, -0.2) is 14.8 Å². The molecule has 1 fully saturated rings. The number of aromatic nitrogens is 2. The second kappa shape index (κ2) is 14.6. The number of anilines is 3. The van der Waals surface area contributed by atoms with Crippen molar-refractivity contribution in [3.63, 3.8) is 0 Å². The molecule has 48 heavy (non-hydrogen) atoms. The van der Waals surface area contributed by atoms with Gasteiger partial charge < -0.3 is 30.9 Å². The quantitative estimate of drug-likeness (QED) is 0.206. The number of nitrogens with zero attached hydrogens (tertiary/aromatic N) is 4. The van der Waals surface area contributed by atoms with Gasteiger partial charge in [-0.15, -0.1) is 0 Å². The summed E-state index contributed by atoms with van der Waals surface area (Å²) in [6, 6.07) is 10.2. The lowest BCUT2D eigenvalue weighted by molar-refractivity contribution is -0.124. The minimum Gasteiger partial charge on any atom is -0.444 e. The minimum atomic E-state index is -0.940. The van der Waals surface area contributed by atoms with Gasteiger partial charge in [-0.05, 0) is 52.7 Å². The first-order chi connectivity index (χ1) is 22.5. The molecule has 0 aliphatic carbocycles. The number of nitrogens with one attached hydrogen (secondary N) is 2. The number of alkyl carbamates (subject to hydrolysis) is 1. The van der Waals surface area contributed by atoms with Crippen LogP contribution in [-0.4, -0.2) is 82.7 Å². The molecule has 4 rings (SSSR count). The zero-order valence-corrected chi connectivity index (χ0v) is 29.1. The van der Waals surface area contributed by atoms with E-state index in [9.17, 15) is 24.0 Å². The molecular formula is C33H38ClN7O6S. The zero-order valence-electron chi connectivity index (χ0n) is 27.5. The van der Waals surface area contributed by atoms with E-state index in [-0.39, 0.29) is 27.7 Å². The summed E-state index contributed by atoms with van der Waals surface area (Å²) < 4.78 is 5.41. The fraction of sp³-hybridized carbons (Fsp3) is 0.364. The number of carbonyl (C=O) groups is 5. The fourth-order valence-corrected chi connectivity index (χ4v) is 5.82. The topological polar surface area (TPSA) is 177 Å². The summed E-state index contributed by atoms with van der Waals surface area (Å²) in [6.07, 6.45) is 2.51. The van der Waals surface area contributed by atoms with Crippen LogP contribution in [0.15, 0.2) is 58.6 Å². The Bertz CT molecular complexity index is 1740. The van der Waals surface area contributed by atoms with Crippen LogP contribution in [0.4, 0.5) is 22.1 Å². The number of amides is 3. The van der Waals surface area contributed by atoms with E-state index >= 15 is 0 Å². The van der Waals surface area contributed by atoms with Gasteiger partial charge in [-0.1, -0.05) is 53.7 Å². The number of ketones is 2. The molecule has 1 aromatic heterocycles. The average molecular weight is 696 g/mol. The van der Waals surface area contributed by atoms with Gasteiger partial charge in [0.2, 0.25) is 5.78 Å². The van der Waals surface area contributed by atoms with E-state index < -0.39 is 40.6 Å². The van der Waals surface area contributed by atoms with Gasteiger partial charge in [0.25, 0.3) is 17.6 Å². The predicted octanol–water partition coefficient (Wildman–Crippen LogP) is 4.84. The molecule has 3 amide bonds. The Morgan fingerprint density at radius 2 is 1.60 bits per heavy atom. The number of Topliss-reactive ketones (excluding diaryl/α,β-unsaturated/α-hetero) is 2. The van der Waals surface area contributed by atoms with Gasteiger partial charge in [-0.2, -0.15) is 0 Å². The first-order valence-electron chi connectivity index (χ1n) is 15.0. The van der Waals surface area contributed by atoms with Gasteiger partial charge in [0, 0.05) is 48.7 Å². The second-order valence-corrected chi connectivity index (χ2v) is 14.1. The van der Waals surface area contributed by atoms with E-state index in [0.29, 0.717) is 41.7 Å². The van der Waals surface area contributed by atoms with E-state index in [1.807, 2.05) is 32.6 Å². The lowest BCUT2D eigenvalue weighted by atomic mass is 9.90. The Morgan fingerprint density at radius 3 is 2.17 bits per heavy atom. The van der Waals surface area contributed by atoms with Crippen molar-refractivity contribution in [3.05, 3.63) is 64.8 Å². The lowest BCUT2D eigenvalue weighted by Gasteiger charge is -2.40.